The fourth-order valence-electron chi connectivity index (χ4n) is 1.37. The number of nitrogens with zero attached hydrogens (tertiary/aromatic N) is 2. The molecule has 76 valence electrons. The van der Waals surface area contributed by atoms with Crippen LogP contribution in [0.5, 0.6) is 0 Å². The fourth-order valence-corrected chi connectivity index (χ4v) is 1.70. The molecule has 0 atom stereocenters. The summed E-state index contributed by atoms with van der Waals surface area (Å²) in [5, 5.41) is 2.82. The SMILES string of the molecule is C[Si]CNC(=O)n1cnc2ccccc21. The highest BCUT2D eigenvalue weighted by Gasteiger charge is 2.07. The zero-order valence-electron chi connectivity index (χ0n) is 8.40. The van der Waals surface area contributed by atoms with Gasteiger partial charge in [-0.3, -0.25) is 4.57 Å². The Kier molecular flexibility index (Phi) is 2.82. The Morgan fingerprint density at radius 3 is 3.13 bits per heavy atom. The highest BCUT2D eigenvalue weighted by atomic mass is 28.2. The number of hydrogen-bond acceptors (Lipinski definition) is 2. The van der Waals surface area contributed by atoms with Crippen LogP contribution in [-0.4, -0.2) is 31.3 Å². The summed E-state index contributed by atoms with van der Waals surface area (Å²) >= 11 is 0. The van der Waals surface area contributed by atoms with Crippen molar-refractivity contribution in [2.45, 2.75) is 6.55 Å². The summed E-state index contributed by atoms with van der Waals surface area (Å²) in [5.74, 6) is 0. The number of carbonyl (C=O) groups excluding carboxylic acids is 1. The molecule has 1 amide bonds. The van der Waals surface area contributed by atoms with Crippen molar-refractivity contribution in [3.8, 4) is 0 Å². The quantitative estimate of drug-likeness (QED) is 0.771. The fraction of sp³-hybridized carbons (Fsp3) is 0.200. The Morgan fingerprint density at radius 1 is 1.53 bits per heavy atom. The smallest absolute Gasteiger partial charge is 0.327 e. The third-order valence-electron chi connectivity index (χ3n) is 2.09. The minimum Gasteiger partial charge on any atom is -0.341 e. The van der Waals surface area contributed by atoms with Crippen molar-refractivity contribution in [1.29, 1.82) is 0 Å². The van der Waals surface area contributed by atoms with Crippen molar-refractivity contribution in [3.63, 3.8) is 0 Å². The maximum absolute atomic E-state index is 11.7. The first-order chi connectivity index (χ1) is 7.33. The number of fused-ring (bicyclic) bond motifs is 1. The Hall–Kier alpha value is -1.62. The molecule has 2 rings (SSSR count). The van der Waals surface area contributed by atoms with E-state index in [1.54, 1.807) is 6.33 Å². The topological polar surface area (TPSA) is 46.9 Å². The van der Waals surface area contributed by atoms with Gasteiger partial charge in [0.25, 0.3) is 0 Å². The molecule has 5 heteroatoms. The molecule has 0 saturated heterocycles. The van der Waals surface area contributed by atoms with E-state index in [2.05, 4.69) is 10.3 Å². The summed E-state index contributed by atoms with van der Waals surface area (Å²) in [6.45, 7) is 2.05. The van der Waals surface area contributed by atoms with E-state index in [1.165, 1.54) is 4.57 Å². The van der Waals surface area contributed by atoms with Crippen LogP contribution >= 0.6 is 0 Å². The maximum Gasteiger partial charge on any atom is 0.327 e. The lowest BCUT2D eigenvalue weighted by molar-refractivity contribution is 0.244. The molecule has 0 aliphatic carbocycles. The van der Waals surface area contributed by atoms with E-state index in [0.29, 0.717) is 15.7 Å². The predicted octanol–water partition coefficient (Wildman–Crippen LogP) is 1.30. The van der Waals surface area contributed by atoms with Crippen molar-refractivity contribution < 1.29 is 4.79 Å². The van der Waals surface area contributed by atoms with Gasteiger partial charge in [-0.15, -0.1) is 0 Å². The third-order valence-corrected chi connectivity index (χ3v) is 2.62. The van der Waals surface area contributed by atoms with Gasteiger partial charge >= 0.3 is 6.03 Å². The number of aromatic nitrogens is 2. The first-order valence-electron chi connectivity index (χ1n) is 4.68. The molecule has 2 radical (unpaired) electrons. The van der Waals surface area contributed by atoms with Gasteiger partial charge in [-0.2, -0.15) is 0 Å². The number of rotatable bonds is 2. The number of amides is 1. The van der Waals surface area contributed by atoms with Crippen LogP contribution in [0, 0.1) is 0 Å². The maximum atomic E-state index is 11.7. The zero-order valence-corrected chi connectivity index (χ0v) is 9.40. The largest absolute Gasteiger partial charge is 0.341 e. The molecule has 0 aliphatic rings. The Labute approximate surface area is 90.1 Å². The molecule has 15 heavy (non-hydrogen) atoms. The minimum absolute atomic E-state index is 0.113. The van der Waals surface area contributed by atoms with Crippen molar-refractivity contribution in [3.05, 3.63) is 30.6 Å². The molecule has 0 bridgehead atoms. The number of hydrogen-bond donors (Lipinski definition) is 1. The van der Waals surface area contributed by atoms with E-state index < -0.39 is 0 Å². The second kappa shape index (κ2) is 4.27. The third kappa shape index (κ3) is 1.92. The number of benzene rings is 1. The second-order valence-electron chi connectivity index (χ2n) is 3.12. The van der Waals surface area contributed by atoms with Gasteiger partial charge in [-0.25, -0.2) is 9.78 Å². The molecule has 1 aromatic carbocycles. The van der Waals surface area contributed by atoms with Crippen LogP contribution in [0.4, 0.5) is 4.79 Å². The van der Waals surface area contributed by atoms with Crippen LogP contribution in [0.1, 0.15) is 0 Å². The van der Waals surface area contributed by atoms with Gasteiger partial charge in [-0.05, 0) is 12.1 Å². The normalized spacial score (nSPS) is 10.5. The molecule has 0 aliphatic heterocycles. The molecular weight excluding hydrogens is 206 g/mol. The Bertz CT molecular complexity index is 480. The summed E-state index contributed by atoms with van der Waals surface area (Å²) in [6.07, 6.45) is 2.27. The van der Waals surface area contributed by atoms with Crippen LogP contribution in [-0.2, 0) is 0 Å². The number of nitrogens with one attached hydrogen (secondary N) is 1. The lowest BCUT2D eigenvalue weighted by Crippen LogP contribution is -2.30. The first-order valence-corrected chi connectivity index (χ1v) is 6.38. The average Bonchev–Trinajstić information content (AvgIpc) is 2.69. The zero-order chi connectivity index (χ0) is 10.7. The van der Waals surface area contributed by atoms with Crippen LogP contribution in [0.25, 0.3) is 11.0 Å². The van der Waals surface area contributed by atoms with E-state index in [4.69, 9.17) is 0 Å². The van der Waals surface area contributed by atoms with Crippen LogP contribution in [0.15, 0.2) is 30.6 Å². The highest BCUT2D eigenvalue weighted by molar-refractivity contribution is 6.34. The predicted molar refractivity (Wildman–Crippen MR) is 60.1 cm³/mol. The summed E-state index contributed by atoms with van der Waals surface area (Å²) in [6, 6.07) is 7.47. The van der Waals surface area contributed by atoms with Gasteiger partial charge in [0.1, 0.15) is 6.33 Å². The van der Waals surface area contributed by atoms with E-state index in [0.717, 1.165) is 11.0 Å². The standard InChI is InChI=1S/C10H11N3OSi/c1-15-7-12-10(14)13-6-11-8-4-2-3-5-9(8)13/h2-6H,7H2,1H3,(H,12,14). The molecule has 2 aromatic rings. The lowest BCUT2D eigenvalue weighted by Gasteiger charge is -2.03. The molecule has 4 nitrogen and oxygen atoms in total. The number of para-hydroxylation sites is 2. The number of carbonyl (C=O) groups is 1. The summed E-state index contributed by atoms with van der Waals surface area (Å²) in [5.41, 5.74) is 1.68. The first kappa shape index (κ1) is 9.91. The molecule has 1 heterocycles. The van der Waals surface area contributed by atoms with E-state index in [-0.39, 0.29) is 6.03 Å². The van der Waals surface area contributed by atoms with Gasteiger partial charge in [0.2, 0.25) is 0 Å². The molecule has 0 unspecified atom stereocenters. The molecular formula is C10H11N3OSi. The van der Waals surface area contributed by atoms with Crippen LogP contribution in [0.3, 0.4) is 0 Å². The van der Waals surface area contributed by atoms with Gasteiger partial charge in [0.15, 0.2) is 0 Å². The van der Waals surface area contributed by atoms with Crippen molar-refractivity contribution in [2.24, 2.45) is 0 Å². The highest BCUT2D eigenvalue weighted by Crippen LogP contribution is 2.10. The Balaban J connectivity index is 2.31. The van der Waals surface area contributed by atoms with E-state index >= 15 is 0 Å². The summed E-state index contributed by atoms with van der Waals surface area (Å²) < 4.78 is 1.54. The average molecular weight is 217 g/mol. The van der Waals surface area contributed by atoms with Crippen molar-refractivity contribution in [2.75, 3.05) is 6.17 Å². The Morgan fingerprint density at radius 2 is 2.33 bits per heavy atom. The molecule has 1 aromatic heterocycles. The molecule has 0 spiro atoms. The van der Waals surface area contributed by atoms with Gasteiger partial charge in [-0.1, -0.05) is 18.7 Å². The van der Waals surface area contributed by atoms with Crippen molar-refractivity contribution in [1.82, 2.24) is 14.9 Å². The lowest BCUT2D eigenvalue weighted by atomic mass is 10.3. The van der Waals surface area contributed by atoms with E-state index in [9.17, 15) is 4.79 Å². The van der Waals surface area contributed by atoms with Gasteiger partial charge in [0.05, 0.1) is 20.6 Å². The van der Waals surface area contributed by atoms with Gasteiger partial charge < -0.3 is 5.32 Å². The molecule has 0 saturated carbocycles. The number of imidazole rings is 1. The summed E-state index contributed by atoms with van der Waals surface area (Å²) in [4.78, 5) is 15.8. The van der Waals surface area contributed by atoms with Crippen LogP contribution < -0.4 is 5.32 Å². The van der Waals surface area contributed by atoms with Crippen molar-refractivity contribution >= 4 is 26.6 Å². The monoisotopic (exact) mass is 217 g/mol. The molecule has 0 fully saturated rings. The molecule has 1 N–H and O–H groups in total. The van der Waals surface area contributed by atoms with Crippen LogP contribution in [0.2, 0.25) is 6.55 Å². The second-order valence-corrected chi connectivity index (χ2v) is 4.18. The van der Waals surface area contributed by atoms with Gasteiger partial charge in [0, 0.05) is 6.17 Å². The minimum atomic E-state index is -0.113. The van der Waals surface area contributed by atoms with E-state index in [1.807, 2.05) is 30.8 Å². The summed E-state index contributed by atoms with van der Waals surface area (Å²) in [7, 11) is 0.716.